The number of hydrogen-bond acceptors (Lipinski definition) is 3. The third kappa shape index (κ3) is 6.38. The molecular weight excluding hydrogens is 222 g/mol. The minimum Gasteiger partial charge on any atom is -0.381 e. The highest BCUT2D eigenvalue weighted by Crippen LogP contribution is 2.16. The maximum Gasteiger partial charge on any atom is 0.230 e. The Balaban J connectivity index is 1.99. The number of amides is 1. The normalized spacial score (nSPS) is 21.1. The molecule has 1 fully saturated rings. The quantitative estimate of drug-likeness (QED) is 0.778. The van der Waals surface area contributed by atoms with Crippen molar-refractivity contribution in [3.63, 3.8) is 0 Å². The molecular formula is C12H23NO2S. The Morgan fingerprint density at radius 1 is 1.56 bits per heavy atom. The minimum absolute atomic E-state index is 0.162. The van der Waals surface area contributed by atoms with Crippen molar-refractivity contribution in [2.75, 3.05) is 25.5 Å². The molecule has 0 bridgehead atoms. The molecule has 0 aliphatic carbocycles. The van der Waals surface area contributed by atoms with Gasteiger partial charge in [-0.05, 0) is 30.4 Å². The molecule has 1 aliphatic rings. The maximum atomic E-state index is 11.4. The monoisotopic (exact) mass is 245 g/mol. The van der Waals surface area contributed by atoms with E-state index in [1.54, 1.807) is 11.8 Å². The summed E-state index contributed by atoms with van der Waals surface area (Å²) in [5.41, 5.74) is 0. The molecule has 1 atom stereocenters. The van der Waals surface area contributed by atoms with Crippen LogP contribution in [0.15, 0.2) is 0 Å². The number of ether oxygens (including phenoxy) is 1. The Bertz CT molecular complexity index is 203. The molecule has 16 heavy (non-hydrogen) atoms. The first-order valence-corrected chi connectivity index (χ1v) is 7.19. The number of hydrogen-bond donors (Lipinski definition) is 1. The smallest absolute Gasteiger partial charge is 0.230 e. The lowest BCUT2D eigenvalue weighted by Crippen LogP contribution is -2.29. The molecule has 0 radical (unpaired) electrons. The summed E-state index contributed by atoms with van der Waals surface area (Å²) in [6.07, 6.45) is 3.47. The molecule has 4 heteroatoms. The van der Waals surface area contributed by atoms with Crippen molar-refractivity contribution in [1.82, 2.24) is 5.32 Å². The van der Waals surface area contributed by atoms with E-state index in [1.165, 1.54) is 12.8 Å². The largest absolute Gasteiger partial charge is 0.381 e. The molecule has 1 saturated heterocycles. The fraction of sp³-hybridized carbons (Fsp3) is 0.917. The summed E-state index contributed by atoms with van der Waals surface area (Å²) in [5, 5.41) is 3.50. The predicted molar refractivity (Wildman–Crippen MR) is 68.8 cm³/mol. The lowest BCUT2D eigenvalue weighted by atomic mass is 9.99. The van der Waals surface area contributed by atoms with Crippen LogP contribution in [0.2, 0.25) is 0 Å². The molecule has 3 nitrogen and oxygen atoms in total. The molecule has 1 aliphatic heterocycles. The van der Waals surface area contributed by atoms with E-state index < -0.39 is 0 Å². The van der Waals surface area contributed by atoms with Crippen LogP contribution in [0, 0.1) is 5.92 Å². The zero-order chi connectivity index (χ0) is 11.8. The van der Waals surface area contributed by atoms with E-state index in [-0.39, 0.29) is 5.91 Å². The summed E-state index contributed by atoms with van der Waals surface area (Å²) in [7, 11) is 0. The number of thioether (sulfide) groups is 1. The van der Waals surface area contributed by atoms with Crippen LogP contribution in [-0.2, 0) is 9.53 Å². The second-order valence-corrected chi connectivity index (χ2v) is 6.15. The molecule has 94 valence electrons. The topological polar surface area (TPSA) is 38.3 Å². The summed E-state index contributed by atoms with van der Waals surface area (Å²) < 4.78 is 5.40. The van der Waals surface area contributed by atoms with Gasteiger partial charge in [-0.1, -0.05) is 13.8 Å². The average Bonchev–Trinajstić information content (AvgIpc) is 2.28. The van der Waals surface area contributed by atoms with Crippen molar-refractivity contribution in [3.05, 3.63) is 0 Å². The van der Waals surface area contributed by atoms with Gasteiger partial charge in [-0.3, -0.25) is 4.79 Å². The molecule has 1 unspecified atom stereocenters. The zero-order valence-corrected chi connectivity index (χ0v) is 11.1. The predicted octanol–water partition coefficient (Wildman–Crippen LogP) is 2.06. The molecule has 0 spiro atoms. The first kappa shape index (κ1) is 13.8. The van der Waals surface area contributed by atoms with Crippen LogP contribution in [0.1, 0.15) is 33.1 Å². The summed E-state index contributed by atoms with van der Waals surface area (Å²) >= 11 is 1.69. The van der Waals surface area contributed by atoms with Crippen LogP contribution in [0.5, 0.6) is 0 Å². The second-order valence-electron chi connectivity index (χ2n) is 4.58. The van der Waals surface area contributed by atoms with E-state index in [0.29, 0.717) is 16.9 Å². The molecule has 0 aromatic rings. The van der Waals surface area contributed by atoms with Gasteiger partial charge < -0.3 is 10.1 Å². The third-order valence-corrected chi connectivity index (χ3v) is 3.77. The van der Waals surface area contributed by atoms with Crippen LogP contribution in [0.3, 0.4) is 0 Å². The highest BCUT2D eigenvalue weighted by atomic mass is 32.2. The Morgan fingerprint density at radius 3 is 3.00 bits per heavy atom. The third-order valence-electron chi connectivity index (χ3n) is 2.68. The molecule has 0 aromatic carbocycles. The first-order chi connectivity index (χ1) is 7.68. The van der Waals surface area contributed by atoms with E-state index in [2.05, 4.69) is 19.2 Å². The van der Waals surface area contributed by atoms with Gasteiger partial charge in [-0.15, -0.1) is 11.8 Å². The SMILES string of the molecule is CC(C)SCC(=O)NCCC1CCCOC1. The van der Waals surface area contributed by atoms with E-state index in [9.17, 15) is 4.79 Å². The van der Waals surface area contributed by atoms with Crippen molar-refractivity contribution in [2.45, 2.75) is 38.4 Å². The molecule has 0 saturated carbocycles. The van der Waals surface area contributed by atoms with E-state index in [4.69, 9.17) is 4.74 Å². The van der Waals surface area contributed by atoms with Crippen LogP contribution in [0.4, 0.5) is 0 Å². The Labute approximate surface area is 103 Å². The van der Waals surface area contributed by atoms with Gasteiger partial charge in [-0.25, -0.2) is 0 Å². The Kier molecular flexibility index (Phi) is 6.88. The summed E-state index contributed by atoms with van der Waals surface area (Å²) in [5.74, 6) is 1.39. The van der Waals surface area contributed by atoms with Gasteiger partial charge in [0.2, 0.25) is 5.91 Å². The van der Waals surface area contributed by atoms with Crippen LogP contribution in [-0.4, -0.2) is 36.7 Å². The Morgan fingerprint density at radius 2 is 2.38 bits per heavy atom. The summed E-state index contributed by atoms with van der Waals surface area (Å²) in [6, 6.07) is 0. The second kappa shape index (κ2) is 7.96. The van der Waals surface area contributed by atoms with Gasteiger partial charge in [0.15, 0.2) is 0 Å². The van der Waals surface area contributed by atoms with E-state index >= 15 is 0 Å². The fourth-order valence-corrected chi connectivity index (χ4v) is 2.33. The first-order valence-electron chi connectivity index (χ1n) is 6.14. The van der Waals surface area contributed by atoms with Crippen molar-refractivity contribution in [3.8, 4) is 0 Å². The Hall–Kier alpha value is -0.220. The number of rotatable bonds is 6. The minimum atomic E-state index is 0.162. The van der Waals surface area contributed by atoms with E-state index in [1.807, 2.05) is 0 Å². The van der Waals surface area contributed by atoms with Crippen molar-refractivity contribution in [2.24, 2.45) is 5.92 Å². The molecule has 0 aromatic heterocycles. The van der Waals surface area contributed by atoms with Gasteiger partial charge >= 0.3 is 0 Å². The zero-order valence-electron chi connectivity index (χ0n) is 10.3. The molecule has 1 rings (SSSR count). The number of carbonyl (C=O) groups excluding carboxylic acids is 1. The maximum absolute atomic E-state index is 11.4. The van der Waals surface area contributed by atoms with Gasteiger partial charge in [0.05, 0.1) is 5.75 Å². The fourth-order valence-electron chi connectivity index (χ4n) is 1.74. The number of carbonyl (C=O) groups is 1. The summed E-state index contributed by atoms with van der Waals surface area (Å²) in [6.45, 7) is 6.80. The lowest BCUT2D eigenvalue weighted by Gasteiger charge is -2.21. The lowest BCUT2D eigenvalue weighted by molar-refractivity contribution is -0.118. The average molecular weight is 245 g/mol. The van der Waals surface area contributed by atoms with Crippen molar-refractivity contribution in [1.29, 1.82) is 0 Å². The molecule has 1 N–H and O–H groups in total. The number of nitrogens with one attached hydrogen (secondary N) is 1. The van der Waals surface area contributed by atoms with Gasteiger partial charge in [0, 0.05) is 19.8 Å². The molecule has 1 heterocycles. The standard InChI is InChI=1S/C12H23NO2S/c1-10(2)16-9-12(14)13-6-5-11-4-3-7-15-8-11/h10-11H,3-9H2,1-2H3,(H,13,14). The van der Waals surface area contributed by atoms with Crippen molar-refractivity contribution < 1.29 is 9.53 Å². The van der Waals surface area contributed by atoms with Gasteiger partial charge in [0.25, 0.3) is 0 Å². The van der Waals surface area contributed by atoms with Gasteiger partial charge in [0.1, 0.15) is 0 Å². The van der Waals surface area contributed by atoms with Crippen LogP contribution in [0.25, 0.3) is 0 Å². The van der Waals surface area contributed by atoms with Crippen LogP contribution < -0.4 is 5.32 Å². The van der Waals surface area contributed by atoms with Gasteiger partial charge in [-0.2, -0.15) is 0 Å². The highest BCUT2D eigenvalue weighted by molar-refractivity contribution is 8.00. The van der Waals surface area contributed by atoms with Crippen LogP contribution >= 0.6 is 11.8 Å². The van der Waals surface area contributed by atoms with Crippen molar-refractivity contribution >= 4 is 17.7 Å². The molecule has 1 amide bonds. The highest BCUT2D eigenvalue weighted by Gasteiger charge is 2.13. The summed E-state index contributed by atoms with van der Waals surface area (Å²) in [4.78, 5) is 11.4. The van der Waals surface area contributed by atoms with E-state index in [0.717, 1.165) is 26.2 Å².